The monoisotopic (exact) mass is 346 g/mol. The number of nitrogens with zero attached hydrogens (tertiary/aromatic N) is 1. The number of nitrogens with one attached hydrogen (secondary N) is 1. The summed E-state index contributed by atoms with van der Waals surface area (Å²) < 4.78 is 32.7. The quantitative estimate of drug-likeness (QED) is 0.866. The number of carbonyl (C=O) groups excluding carboxylic acids is 2. The standard InChI is InChI=1S/C18H16F2N2O3/c1-18(14-9-12(19)6-7-15(14)20)16(23)22(17(24)21-18)10-11-4-3-5-13(8-11)25-2/h3-9H,10H2,1-2H3,(H,21,24). The number of hydrogen-bond donors (Lipinski definition) is 1. The molecule has 2 aromatic rings. The summed E-state index contributed by atoms with van der Waals surface area (Å²) in [7, 11) is 1.51. The average molecular weight is 346 g/mol. The second-order valence-electron chi connectivity index (χ2n) is 5.92. The van der Waals surface area contributed by atoms with Gasteiger partial charge in [-0.2, -0.15) is 0 Å². The largest absolute Gasteiger partial charge is 0.497 e. The molecule has 0 radical (unpaired) electrons. The number of amides is 3. The first-order valence-electron chi connectivity index (χ1n) is 7.57. The summed E-state index contributed by atoms with van der Waals surface area (Å²) in [5.41, 5.74) is -1.20. The molecule has 5 nitrogen and oxygen atoms in total. The van der Waals surface area contributed by atoms with Crippen molar-refractivity contribution < 1.29 is 23.1 Å². The van der Waals surface area contributed by atoms with Gasteiger partial charge in [0, 0.05) is 5.56 Å². The van der Waals surface area contributed by atoms with Gasteiger partial charge >= 0.3 is 6.03 Å². The van der Waals surface area contributed by atoms with Crippen molar-refractivity contribution in [1.29, 1.82) is 0 Å². The van der Waals surface area contributed by atoms with E-state index in [1.165, 1.54) is 14.0 Å². The Morgan fingerprint density at radius 2 is 1.92 bits per heavy atom. The summed E-state index contributed by atoms with van der Waals surface area (Å²) in [5, 5.41) is 2.46. The van der Waals surface area contributed by atoms with Crippen LogP contribution in [0.25, 0.3) is 0 Å². The van der Waals surface area contributed by atoms with Crippen LogP contribution < -0.4 is 10.1 Å². The van der Waals surface area contributed by atoms with Gasteiger partial charge in [0.05, 0.1) is 13.7 Å². The average Bonchev–Trinajstić information content (AvgIpc) is 2.81. The summed E-state index contributed by atoms with van der Waals surface area (Å²) in [6.45, 7) is 1.35. The van der Waals surface area contributed by atoms with E-state index in [-0.39, 0.29) is 12.1 Å². The van der Waals surface area contributed by atoms with E-state index >= 15 is 0 Å². The number of ether oxygens (including phenoxy) is 1. The lowest BCUT2D eigenvalue weighted by atomic mass is 9.91. The third-order valence-corrected chi connectivity index (χ3v) is 4.22. The van der Waals surface area contributed by atoms with Crippen molar-refractivity contribution in [1.82, 2.24) is 10.2 Å². The molecule has 1 unspecified atom stereocenters. The van der Waals surface area contributed by atoms with Crippen LogP contribution in [0.4, 0.5) is 13.6 Å². The molecule has 130 valence electrons. The number of rotatable bonds is 4. The third-order valence-electron chi connectivity index (χ3n) is 4.22. The molecule has 3 amide bonds. The lowest BCUT2D eigenvalue weighted by molar-refractivity contribution is -0.131. The number of urea groups is 1. The van der Waals surface area contributed by atoms with Crippen molar-refractivity contribution >= 4 is 11.9 Å². The number of halogens is 2. The topological polar surface area (TPSA) is 58.6 Å². The van der Waals surface area contributed by atoms with Crippen LogP contribution in [0.1, 0.15) is 18.1 Å². The molecule has 1 fully saturated rings. The van der Waals surface area contributed by atoms with E-state index in [1.807, 2.05) is 0 Å². The number of imide groups is 1. The summed E-state index contributed by atoms with van der Waals surface area (Å²) in [4.78, 5) is 26.0. The van der Waals surface area contributed by atoms with Gasteiger partial charge in [0.1, 0.15) is 22.9 Å². The second-order valence-corrected chi connectivity index (χ2v) is 5.92. The van der Waals surface area contributed by atoms with E-state index < -0.39 is 29.1 Å². The maximum Gasteiger partial charge on any atom is 0.325 e. The molecule has 1 aliphatic heterocycles. The predicted octanol–water partition coefficient (Wildman–Crippen LogP) is 2.94. The highest BCUT2D eigenvalue weighted by Gasteiger charge is 2.50. The first-order chi connectivity index (χ1) is 11.8. The van der Waals surface area contributed by atoms with Crippen molar-refractivity contribution in [2.45, 2.75) is 19.0 Å². The van der Waals surface area contributed by atoms with Crippen LogP contribution in [0, 0.1) is 11.6 Å². The fraction of sp³-hybridized carbons (Fsp3) is 0.222. The van der Waals surface area contributed by atoms with E-state index in [1.54, 1.807) is 24.3 Å². The first kappa shape index (κ1) is 16.9. The molecule has 2 aromatic carbocycles. The Bertz CT molecular complexity index is 856. The Kier molecular flexibility index (Phi) is 4.16. The SMILES string of the molecule is COc1cccc(CN2C(=O)NC(C)(c3cc(F)ccc3F)C2=O)c1. The normalized spacial score (nSPS) is 19.9. The highest BCUT2D eigenvalue weighted by molar-refractivity contribution is 6.07. The van der Waals surface area contributed by atoms with Crippen molar-refractivity contribution in [3.63, 3.8) is 0 Å². The van der Waals surface area contributed by atoms with Gasteiger partial charge in [0.2, 0.25) is 0 Å². The first-order valence-corrected chi connectivity index (χ1v) is 7.57. The molecule has 0 aliphatic carbocycles. The Balaban J connectivity index is 1.92. The predicted molar refractivity (Wildman–Crippen MR) is 85.8 cm³/mol. The van der Waals surface area contributed by atoms with Gasteiger partial charge in [-0.25, -0.2) is 13.6 Å². The Labute approximate surface area is 143 Å². The zero-order valence-corrected chi connectivity index (χ0v) is 13.7. The maximum atomic E-state index is 14.1. The highest BCUT2D eigenvalue weighted by atomic mass is 19.1. The molecule has 1 N–H and O–H groups in total. The van der Waals surface area contributed by atoms with Gasteiger partial charge in [-0.05, 0) is 42.8 Å². The van der Waals surface area contributed by atoms with Crippen LogP contribution in [0.15, 0.2) is 42.5 Å². The Morgan fingerprint density at radius 1 is 1.16 bits per heavy atom. The van der Waals surface area contributed by atoms with Gasteiger partial charge in [0.25, 0.3) is 5.91 Å². The van der Waals surface area contributed by atoms with Crippen molar-refractivity contribution in [3.05, 3.63) is 65.2 Å². The van der Waals surface area contributed by atoms with Crippen LogP contribution in [-0.2, 0) is 16.9 Å². The second kappa shape index (κ2) is 6.16. The van der Waals surface area contributed by atoms with Crippen LogP contribution in [0.3, 0.4) is 0 Å². The molecular formula is C18H16F2N2O3. The zero-order valence-electron chi connectivity index (χ0n) is 13.7. The molecule has 7 heteroatoms. The minimum Gasteiger partial charge on any atom is -0.497 e. The van der Waals surface area contributed by atoms with E-state index in [9.17, 15) is 18.4 Å². The van der Waals surface area contributed by atoms with Crippen LogP contribution in [0.5, 0.6) is 5.75 Å². The van der Waals surface area contributed by atoms with Crippen LogP contribution >= 0.6 is 0 Å². The van der Waals surface area contributed by atoms with Gasteiger partial charge in [-0.15, -0.1) is 0 Å². The summed E-state index contributed by atoms with van der Waals surface area (Å²) in [6, 6.07) is 9.04. The number of hydrogen-bond acceptors (Lipinski definition) is 3. The fourth-order valence-corrected chi connectivity index (χ4v) is 2.86. The summed E-state index contributed by atoms with van der Waals surface area (Å²) in [6.07, 6.45) is 0. The van der Waals surface area contributed by atoms with Gasteiger partial charge < -0.3 is 10.1 Å². The van der Waals surface area contributed by atoms with Crippen molar-refractivity contribution in [2.24, 2.45) is 0 Å². The van der Waals surface area contributed by atoms with E-state index in [4.69, 9.17) is 4.74 Å². The van der Waals surface area contributed by atoms with Gasteiger partial charge in [-0.1, -0.05) is 12.1 Å². The summed E-state index contributed by atoms with van der Waals surface area (Å²) in [5.74, 6) is -1.51. The van der Waals surface area contributed by atoms with Crippen molar-refractivity contribution in [3.8, 4) is 5.75 Å². The zero-order chi connectivity index (χ0) is 18.2. The van der Waals surface area contributed by atoms with Crippen molar-refractivity contribution in [2.75, 3.05) is 7.11 Å². The minimum absolute atomic E-state index is 0.00556. The minimum atomic E-state index is -1.66. The molecule has 0 aromatic heterocycles. The molecule has 0 spiro atoms. The number of carbonyl (C=O) groups is 2. The van der Waals surface area contributed by atoms with Crippen LogP contribution in [0.2, 0.25) is 0 Å². The van der Waals surface area contributed by atoms with E-state index in [0.29, 0.717) is 11.3 Å². The highest BCUT2D eigenvalue weighted by Crippen LogP contribution is 2.32. The van der Waals surface area contributed by atoms with Gasteiger partial charge in [-0.3, -0.25) is 9.69 Å². The van der Waals surface area contributed by atoms with Crippen LogP contribution in [-0.4, -0.2) is 23.9 Å². The smallest absolute Gasteiger partial charge is 0.325 e. The molecule has 25 heavy (non-hydrogen) atoms. The molecule has 1 heterocycles. The molecule has 1 atom stereocenters. The molecular weight excluding hydrogens is 330 g/mol. The summed E-state index contributed by atoms with van der Waals surface area (Å²) >= 11 is 0. The fourth-order valence-electron chi connectivity index (χ4n) is 2.86. The number of methoxy groups -OCH3 is 1. The number of benzene rings is 2. The third kappa shape index (κ3) is 2.93. The molecule has 1 saturated heterocycles. The lowest BCUT2D eigenvalue weighted by Crippen LogP contribution is -2.41. The lowest BCUT2D eigenvalue weighted by Gasteiger charge is -2.23. The maximum absolute atomic E-state index is 14.1. The molecule has 0 bridgehead atoms. The van der Waals surface area contributed by atoms with E-state index in [2.05, 4.69) is 5.32 Å². The Hall–Kier alpha value is -2.96. The van der Waals surface area contributed by atoms with Gasteiger partial charge in [0.15, 0.2) is 0 Å². The molecule has 3 rings (SSSR count). The molecule has 1 aliphatic rings. The van der Waals surface area contributed by atoms with E-state index in [0.717, 1.165) is 23.1 Å². The Morgan fingerprint density at radius 3 is 2.64 bits per heavy atom. The molecule has 0 saturated carbocycles.